The molecule has 0 spiro atoms. The van der Waals surface area contributed by atoms with Gasteiger partial charge in [-0.3, -0.25) is 0 Å². The molecule has 0 aromatic heterocycles. The first-order valence-corrected chi connectivity index (χ1v) is 4.40. The van der Waals surface area contributed by atoms with E-state index >= 15 is 0 Å². The number of nitrogens with one attached hydrogen (secondary N) is 1. The zero-order valence-electron chi connectivity index (χ0n) is 8.35. The molecule has 68 valence electrons. The SMILES string of the molecule is C=C(C)/C(=C\C=C/C)CNCC. The molecule has 0 fully saturated rings. The lowest BCUT2D eigenvalue weighted by atomic mass is 10.1. The van der Waals surface area contributed by atoms with Crippen LogP contribution in [-0.2, 0) is 0 Å². The molecule has 1 N–H and O–H groups in total. The van der Waals surface area contributed by atoms with Crippen LogP contribution in [0.4, 0.5) is 0 Å². The number of rotatable bonds is 5. The fraction of sp³-hybridized carbons (Fsp3) is 0.455. The predicted molar refractivity (Wildman–Crippen MR) is 56.3 cm³/mol. The van der Waals surface area contributed by atoms with E-state index in [2.05, 4.69) is 24.9 Å². The largest absolute Gasteiger partial charge is 0.313 e. The molecule has 0 aliphatic heterocycles. The monoisotopic (exact) mass is 165 g/mol. The Morgan fingerprint density at radius 3 is 2.58 bits per heavy atom. The normalized spacial score (nSPS) is 12.4. The van der Waals surface area contributed by atoms with Crippen LogP contribution >= 0.6 is 0 Å². The van der Waals surface area contributed by atoms with E-state index in [0.29, 0.717) is 0 Å². The van der Waals surface area contributed by atoms with Gasteiger partial charge in [-0.2, -0.15) is 0 Å². The van der Waals surface area contributed by atoms with Gasteiger partial charge in [0.2, 0.25) is 0 Å². The third-order valence-electron chi connectivity index (χ3n) is 1.60. The molecule has 1 nitrogen and oxygen atoms in total. The van der Waals surface area contributed by atoms with Crippen molar-refractivity contribution in [3.8, 4) is 0 Å². The summed E-state index contributed by atoms with van der Waals surface area (Å²) in [5.74, 6) is 0. The summed E-state index contributed by atoms with van der Waals surface area (Å²) in [5, 5.41) is 3.28. The summed E-state index contributed by atoms with van der Waals surface area (Å²) in [6.45, 7) is 12.0. The lowest BCUT2D eigenvalue weighted by Crippen LogP contribution is -2.16. The standard InChI is InChI=1S/C11H19N/c1-5-7-8-11(10(3)4)9-12-6-2/h5,7-8,12H,3,6,9H2,1-2,4H3/b7-5-,11-8-. The van der Waals surface area contributed by atoms with Crippen LogP contribution in [0.15, 0.2) is 36.0 Å². The van der Waals surface area contributed by atoms with Crippen LogP contribution in [0.25, 0.3) is 0 Å². The third kappa shape index (κ3) is 4.91. The minimum absolute atomic E-state index is 0.913. The van der Waals surface area contributed by atoms with Crippen LogP contribution in [-0.4, -0.2) is 13.1 Å². The molecule has 0 atom stereocenters. The summed E-state index contributed by atoms with van der Waals surface area (Å²) < 4.78 is 0. The first-order chi connectivity index (χ1) is 5.72. The molecule has 0 aliphatic rings. The molecule has 0 rings (SSSR count). The van der Waals surface area contributed by atoms with Crippen LogP contribution in [0.5, 0.6) is 0 Å². The molecule has 0 aliphatic carbocycles. The Balaban J connectivity index is 4.13. The number of allylic oxidation sites excluding steroid dienone is 3. The minimum Gasteiger partial charge on any atom is -0.313 e. The van der Waals surface area contributed by atoms with Crippen LogP contribution in [0.2, 0.25) is 0 Å². The van der Waals surface area contributed by atoms with E-state index in [1.807, 2.05) is 26.0 Å². The summed E-state index contributed by atoms with van der Waals surface area (Å²) in [6.07, 6.45) is 6.17. The van der Waals surface area contributed by atoms with Crippen LogP contribution in [0.1, 0.15) is 20.8 Å². The molecule has 1 heteroatoms. The maximum Gasteiger partial charge on any atom is 0.0207 e. The van der Waals surface area contributed by atoms with Crippen LogP contribution in [0, 0.1) is 0 Å². The van der Waals surface area contributed by atoms with Gasteiger partial charge in [0.05, 0.1) is 0 Å². The highest BCUT2D eigenvalue weighted by atomic mass is 14.8. The van der Waals surface area contributed by atoms with Crippen molar-refractivity contribution in [1.29, 1.82) is 0 Å². The lowest BCUT2D eigenvalue weighted by Gasteiger charge is -2.05. The van der Waals surface area contributed by atoms with Crippen LogP contribution in [0.3, 0.4) is 0 Å². The van der Waals surface area contributed by atoms with Gasteiger partial charge < -0.3 is 5.32 Å². The molecule has 0 bridgehead atoms. The number of hydrogen-bond acceptors (Lipinski definition) is 1. The maximum atomic E-state index is 3.92. The van der Waals surface area contributed by atoms with E-state index in [0.717, 1.165) is 18.7 Å². The van der Waals surface area contributed by atoms with Crippen molar-refractivity contribution < 1.29 is 0 Å². The van der Waals surface area contributed by atoms with Gasteiger partial charge in [0.15, 0.2) is 0 Å². The van der Waals surface area contributed by atoms with E-state index < -0.39 is 0 Å². The second kappa shape index (κ2) is 6.86. The van der Waals surface area contributed by atoms with Gasteiger partial charge in [0.25, 0.3) is 0 Å². The lowest BCUT2D eigenvalue weighted by molar-refractivity contribution is 0.780. The molecule has 0 aromatic rings. The highest BCUT2D eigenvalue weighted by Crippen LogP contribution is 2.05. The molecular formula is C11H19N. The van der Waals surface area contributed by atoms with Crippen molar-refractivity contribution in [1.82, 2.24) is 5.32 Å². The molecule has 0 unspecified atom stereocenters. The average Bonchev–Trinajstić information content (AvgIpc) is 2.04. The first kappa shape index (κ1) is 11.2. The van der Waals surface area contributed by atoms with E-state index in [-0.39, 0.29) is 0 Å². The average molecular weight is 165 g/mol. The van der Waals surface area contributed by atoms with Crippen molar-refractivity contribution in [2.45, 2.75) is 20.8 Å². The van der Waals surface area contributed by atoms with Gasteiger partial charge in [-0.1, -0.05) is 37.3 Å². The molecule has 0 heterocycles. The molecule has 0 aromatic carbocycles. The van der Waals surface area contributed by atoms with Crippen molar-refractivity contribution in [3.05, 3.63) is 36.0 Å². The fourth-order valence-electron chi connectivity index (χ4n) is 0.824. The highest BCUT2D eigenvalue weighted by Gasteiger charge is 1.94. The van der Waals surface area contributed by atoms with E-state index in [1.165, 1.54) is 5.57 Å². The minimum atomic E-state index is 0.913. The van der Waals surface area contributed by atoms with Gasteiger partial charge in [-0.25, -0.2) is 0 Å². The summed E-state index contributed by atoms with van der Waals surface area (Å²) in [5.41, 5.74) is 2.41. The third-order valence-corrected chi connectivity index (χ3v) is 1.60. The first-order valence-electron chi connectivity index (χ1n) is 4.40. The molecular weight excluding hydrogens is 146 g/mol. The molecule has 0 radical (unpaired) electrons. The van der Waals surface area contributed by atoms with Gasteiger partial charge in [0, 0.05) is 6.54 Å². The maximum absolute atomic E-state index is 3.92. The molecule has 0 saturated heterocycles. The molecule has 0 amide bonds. The van der Waals surface area contributed by atoms with Gasteiger partial charge in [0.1, 0.15) is 0 Å². The Morgan fingerprint density at radius 2 is 2.17 bits per heavy atom. The zero-order valence-corrected chi connectivity index (χ0v) is 8.35. The van der Waals surface area contributed by atoms with Gasteiger partial charge >= 0.3 is 0 Å². The van der Waals surface area contributed by atoms with Crippen molar-refractivity contribution in [2.75, 3.05) is 13.1 Å². The zero-order chi connectivity index (χ0) is 9.40. The Bertz CT molecular complexity index is 187. The predicted octanol–water partition coefficient (Wildman–Crippen LogP) is 2.67. The Kier molecular flexibility index (Phi) is 6.39. The van der Waals surface area contributed by atoms with Crippen molar-refractivity contribution in [3.63, 3.8) is 0 Å². The van der Waals surface area contributed by atoms with Crippen LogP contribution < -0.4 is 5.32 Å². The Morgan fingerprint density at radius 1 is 1.50 bits per heavy atom. The van der Waals surface area contributed by atoms with E-state index in [1.54, 1.807) is 0 Å². The second-order valence-corrected chi connectivity index (χ2v) is 2.78. The van der Waals surface area contributed by atoms with Crippen molar-refractivity contribution >= 4 is 0 Å². The number of likely N-dealkylation sites (N-methyl/N-ethyl adjacent to an activating group) is 1. The summed E-state index contributed by atoms with van der Waals surface area (Å²) in [7, 11) is 0. The summed E-state index contributed by atoms with van der Waals surface area (Å²) in [6, 6.07) is 0. The Labute approximate surface area is 75.9 Å². The van der Waals surface area contributed by atoms with E-state index in [9.17, 15) is 0 Å². The Hall–Kier alpha value is -0.820. The number of hydrogen-bond donors (Lipinski definition) is 1. The second-order valence-electron chi connectivity index (χ2n) is 2.78. The fourth-order valence-corrected chi connectivity index (χ4v) is 0.824. The topological polar surface area (TPSA) is 12.0 Å². The summed E-state index contributed by atoms with van der Waals surface area (Å²) >= 11 is 0. The van der Waals surface area contributed by atoms with Crippen molar-refractivity contribution in [2.24, 2.45) is 0 Å². The smallest absolute Gasteiger partial charge is 0.0207 e. The van der Waals surface area contributed by atoms with E-state index in [4.69, 9.17) is 0 Å². The molecule has 12 heavy (non-hydrogen) atoms. The molecule has 0 saturated carbocycles. The quantitative estimate of drug-likeness (QED) is 0.618. The van der Waals surface area contributed by atoms with Gasteiger partial charge in [-0.05, 0) is 26.0 Å². The summed E-state index contributed by atoms with van der Waals surface area (Å²) in [4.78, 5) is 0. The highest BCUT2D eigenvalue weighted by molar-refractivity contribution is 5.30. The van der Waals surface area contributed by atoms with Gasteiger partial charge in [-0.15, -0.1) is 0 Å².